The highest BCUT2D eigenvalue weighted by molar-refractivity contribution is 7.21. The lowest BCUT2D eigenvalue weighted by Crippen LogP contribution is -2.18. The Kier molecular flexibility index (Phi) is 6.73. The molecule has 5 rings (SSSR count). The number of nitrogens with one attached hydrogen (secondary N) is 1. The molecular weight excluding hydrogens is 595 g/mol. The summed E-state index contributed by atoms with van der Waals surface area (Å²) in [6.07, 6.45) is -3.30. The Morgan fingerprint density at radius 1 is 1.07 bits per heavy atom. The highest BCUT2D eigenvalue weighted by Crippen LogP contribution is 2.44. The normalized spacial score (nSPS) is 12.4. The van der Waals surface area contributed by atoms with Crippen LogP contribution in [-0.4, -0.2) is 41.2 Å². The maximum Gasteiger partial charge on any atom is 0.433 e. The molecule has 0 unspecified atom stereocenters. The van der Waals surface area contributed by atoms with Crippen molar-refractivity contribution < 1.29 is 31.5 Å². The average molecular weight is 613 g/mol. The SMILES string of the molecule is CCn1cc(-c2cc(C(F)(F)F)nc3sc(C(N)=O)c(NC(=O)c4cc5nc(C)cc(C(F)(F)Cl)n5n4)c23)c(C)n1. The second-order valence-corrected chi connectivity index (χ2v) is 10.4. The number of aromatic nitrogens is 6. The van der Waals surface area contributed by atoms with Gasteiger partial charge in [-0.05, 0) is 50.1 Å². The van der Waals surface area contributed by atoms with Crippen LogP contribution >= 0.6 is 22.9 Å². The van der Waals surface area contributed by atoms with Crippen molar-refractivity contribution in [3.8, 4) is 11.1 Å². The number of rotatable bonds is 6. The summed E-state index contributed by atoms with van der Waals surface area (Å²) in [5, 5.41) is 6.83. The van der Waals surface area contributed by atoms with E-state index in [-0.39, 0.29) is 37.7 Å². The number of fused-ring (bicyclic) bond motifs is 2. The number of carbonyl (C=O) groups excluding carboxylic acids is 2. The molecule has 0 atom stereocenters. The minimum Gasteiger partial charge on any atom is -0.365 e. The van der Waals surface area contributed by atoms with E-state index < -0.39 is 40.5 Å². The van der Waals surface area contributed by atoms with Crippen LogP contribution in [0, 0.1) is 13.8 Å². The number of primary amides is 1. The molecule has 17 heteroatoms. The molecule has 5 aromatic heterocycles. The van der Waals surface area contributed by atoms with Crippen LogP contribution in [-0.2, 0) is 18.1 Å². The van der Waals surface area contributed by atoms with Crippen LogP contribution in [0.4, 0.5) is 27.6 Å². The van der Waals surface area contributed by atoms with Gasteiger partial charge in [-0.1, -0.05) is 0 Å². The fourth-order valence-electron chi connectivity index (χ4n) is 4.28. The molecule has 0 aliphatic carbocycles. The summed E-state index contributed by atoms with van der Waals surface area (Å²) in [7, 11) is 0. The fourth-order valence-corrected chi connectivity index (χ4v) is 5.43. The standard InChI is InChI=1S/C24H18ClF5N8O2S/c1-4-37-8-12(10(3)35-37)11-6-14(24(28,29)30)33-22-17(11)18(19(41-22)20(31)39)34-21(40)13-7-16-32-9(2)5-15(23(25,26)27)38(16)36-13/h5-8H,4H2,1-3H3,(H2,31,39)(H,34,40). The van der Waals surface area contributed by atoms with E-state index in [0.29, 0.717) is 33.7 Å². The number of nitrogens with zero attached hydrogens (tertiary/aromatic N) is 6. The van der Waals surface area contributed by atoms with E-state index in [9.17, 15) is 31.5 Å². The predicted molar refractivity (Wildman–Crippen MR) is 140 cm³/mol. The van der Waals surface area contributed by atoms with Crippen LogP contribution in [0.25, 0.3) is 27.0 Å². The predicted octanol–water partition coefficient (Wildman–Crippen LogP) is 5.50. The van der Waals surface area contributed by atoms with Gasteiger partial charge in [-0.15, -0.1) is 11.3 Å². The summed E-state index contributed by atoms with van der Waals surface area (Å²) < 4.78 is 71.7. The number of nitrogens with two attached hydrogens (primary N) is 1. The van der Waals surface area contributed by atoms with Gasteiger partial charge in [-0.2, -0.15) is 32.1 Å². The van der Waals surface area contributed by atoms with E-state index >= 15 is 0 Å². The van der Waals surface area contributed by atoms with Gasteiger partial charge in [0.15, 0.2) is 11.3 Å². The van der Waals surface area contributed by atoms with Crippen LogP contribution in [0.5, 0.6) is 0 Å². The third kappa shape index (κ3) is 5.08. The summed E-state index contributed by atoms with van der Waals surface area (Å²) in [5.74, 6) is -2.02. The molecule has 0 aromatic carbocycles. The van der Waals surface area contributed by atoms with E-state index in [2.05, 4.69) is 25.5 Å². The number of alkyl halides is 6. The third-order valence-electron chi connectivity index (χ3n) is 6.05. The molecule has 214 valence electrons. The minimum absolute atomic E-state index is 0.00469. The summed E-state index contributed by atoms with van der Waals surface area (Å²) in [4.78, 5) is 33.0. The molecule has 5 heterocycles. The Morgan fingerprint density at radius 2 is 1.78 bits per heavy atom. The monoisotopic (exact) mass is 612 g/mol. The van der Waals surface area contributed by atoms with E-state index in [0.717, 1.165) is 18.2 Å². The number of carbonyl (C=O) groups is 2. The number of halogens is 6. The van der Waals surface area contributed by atoms with E-state index in [1.165, 1.54) is 17.8 Å². The summed E-state index contributed by atoms with van der Waals surface area (Å²) >= 11 is 5.77. The van der Waals surface area contributed by atoms with Gasteiger partial charge in [0.2, 0.25) is 0 Å². The fraction of sp³-hybridized carbons (Fsp3) is 0.250. The smallest absolute Gasteiger partial charge is 0.365 e. The Bertz CT molecular complexity index is 1870. The molecule has 5 aromatic rings. The summed E-state index contributed by atoms with van der Waals surface area (Å²) in [6, 6.07) is 2.91. The largest absolute Gasteiger partial charge is 0.433 e. The molecule has 0 fully saturated rings. The molecule has 0 saturated carbocycles. The number of thiophene rings is 1. The number of anilines is 1. The van der Waals surface area contributed by atoms with Crippen molar-refractivity contribution in [2.45, 2.75) is 38.9 Å². The average Bonchev–Trinajstić information content (AvgIpc) is 3.56. The third-order valence-corrected chi connectivity index (χ3v) is 7.35. The lowest BCUT2D eigenvalue weighted by atomic mass is 10.0. The summed E-state index contributed by atoms with van der Waals surface area (Å²) in [5.41, 5.74) is 3.70. The van der Waals surface area contributed by atoms with Crippen molar-refractivity contribution >= 4 is 56.3 Å². The zero-order chi connectivity index (χ0) is 30.0. The van der Waals surface area contributed by atoms with E-state index in [1.54, 1.807) is 13.8 Å². The zero-order valence-electron chi connectivity index (χ0n) is 21.3. The Morgan fingerprint density at radius 3 is 2.37 bits per heavy atom. The van der Waals surface area contributed by atoms with Crippen LogP contribution in [0.15, 0.2) is 24.4 Å². The lowest BCUT2D eigenvalue weighted by Gasteiger charge is -2.11. The van der Waals surface area contributed by atoms with Gasteiger partial charge in [0.25, 0.3) is 11.8 Å². The first-order valence-electron chi connectivity index (χ1n) is 11.7. The highest BCUT2D eigenvalue weighted by Gasteiger charge is 2.36. The molecule has 0 saturated heterocycles. The maximum absolute atomic E-state index is 14.0. The van der Waals surface area contributed by atoms with Crippen LogP contribution in [0.3, 0.4) is 0 Å². The highest BCUT2D eigenvalue weighted by atomic mass is 35.5. The van der Waals surface area contributed by atoms with Gasteiger partial charge in [0, 0.05) is 35.5 Å². The molecule has 10 nitrogen and oxygen atoms in total. The topological polar surface area (TPSA) is 133 Å². The van der Waals surface area contributed by atoms with Crippen molar-refractivity contribution in [1.29, 1.82) is 0 Å². The van der Waals surface area contributed by atoms with Crippen LogP contribution in [0.1, 0.15) is 49.9 Å². The molecule has 0 bridgehead atoms. The molecule has 0 radical (unpaired) electrons. The second-order valence-electron chi connectivity index (χ2n) is 8.92. The van der Waals surface area contributed by atoms with Gasteiger partial charge < -0.3 is 11.1 Å². The van der Waals surface area contributed by atoms with Crippen molar-refractivity contribution in [3.63, 3.8) is 0 Å². The Balaban J connectivity index is 1.72. The van der Waals surface area contributed by atoms with Crippen molar-refractivity contribution in [2.24, 2.45) is 5.73 Å². The molecule has 0 spiro atoms. The van der Waals surface area contributed by atoms with Crippen LogP contribution < -0.4 is 11.1 Å². The van der Waals surface area contributed by atoms with Crippen LogP contribution in [0.2, 0.25) is 0 Å². The number of amides is 2. The van der Waals surface area contributed by atoms with E-state index in [1.807, 2.05) is 0 Å². The zero-order valence-corrected chi connectivity index (χ0v) is 22.8. The molecule has 0 aliphatic heterocycles. The van der Waals surface area contributed by atoms with Crippen molar-refractivity contribution in [1.82, 2.24) is 29.4 Å². The summed E-state index contributed by atoms with van der Waals surface area (Å²) in [6.45, 7) is 5.25. The number of pyridine rings is 1. The molecule has 0 aliphatic rings. The first kappa shape index (κ1) is 28.4. The first-order valence-corrected chi connectivity index (χ1v) is 12.9. The molecule has 41 heavy (non-hydrogen) atoms. The number of aryl methyl sites for hydroxylation is 3. The minimum atomic E-state index is -4.83. The molecule has 3 N–H and O–H groups in total. The lowest BCUT2D eigenvalue weighted by molar-refractivity contribution is -0.140. The quantitative estimate of drug-likeness (QED) is 0.192. The van der Waals surface area contributed by atoms with E-state index in [4.69, 9.17) is 17.3 Å². The second kappa shape index (κ2) is 9.73. The van der Waals surface area contributed by atoms with Crippen molar-refractivity contribution in [2.75, 3.05) is 5.32 Å². The Labute approximate surface area is 235 Å². The number of hydrogen-bond acceptors (Lipinski definition) is 7. The van der Waals surface area contributed by atoms with Gasteiger partial charge in [0.1, 0.15) is 21.1 Å². The van der Waals surface area contributed by atoms with Gasteiger partial charge in [-0.25, -0.2) is 14.5 Å². The molecular formula is C24H18ClF5N8O2S. The van der Waals surface area contributed by atoms with Gasteiger partial charge in [0.05, 0.1) is 11.4 Å². The van der Waals surface area contributed by atoms with Crippen molar-refractivity contribution in [3.05, 3.63) is 57.7 Å². The molecule has 2 amide bonds. The maximum atomic E-state index is 14.0. The first-order chi connectivity index (χ1) is 19.1. The number of hydrogen-bond donors (Lipinski definition) is 2. The Hall–Kier alpha value is -4.18. The van der Waals surface area contributed by atoms with Gasteiger partial charge >= 0.3 is 11.6 Å². The van der Waals surface area contributed by atoms with Gasteiger partial charge in [-0.3, -0.25) is 14.3 Å².